The summed E-state index contributed by atoms with van der Waals surface area (Å²) in [6.07, 6.45) is -4.94. The largest absolute Gasteiger partial charge is 0.573 e. The zero-order chi connectivity index (χ0) is 13.1. The third kappa shape index (κ3) is 4.95. The maximum absolute atomic E-state index is 12.0. The van der Waals surface area contributed by atoms with E-state index in [-0.39, 0.29) is 18.5 Å². The molecule has 0 heterocycles. The summed E-state index contributed by atoms with van der Waals surface area (Å²) in [4.78, 5) is 0. The molecule has 0 amide bonds. The molecule has 1 N–H and O–H groups in total. The van der Waals surface area contributed by atoms with Crippen LogP contribution in [0.2, 0.25) is 0 Å². The summed E-state index contributed by atoms with van der Waals surface area (Å²) >= 11 is 0. The summed E-state index contributed by atoms with van der Waals surface area (Å²) < 4.78 is 45.2. The molecule has 0 saturated carbocycles. The minimum Gasteiger partial charge on any atom is -0.491 e. The average Bonchev–Trinajstić information content (AvgIpc) is 2.13. The summed E-state index contributed by atoms with van der Waals surface area (Å²) in [5, 5.41) is 8.93. The zero-order valence-electron chi connectivity index (χ0n) is 9.41. The lowest BCUT2D eigenvalue weighted by molar-refractivity contribution is -0.274. The summed E-state index contributed by atoms with van der Waals surface area (Å²) in [5.41, 5.74) is 0.294. The molecule has 0 spiro atoms. The van der Waals surface area contributed by atoms with E-state index < -0.39 is 12.1 Å². The first kappa shape index (κ1) is 13.6. The van der Waals surface area contributed by atoms with Crippen molar-refractivity contribution in [3.8, 4) is 11.5 Å². The number of benzene rings is 1. The van der Waals surface area contributed by atoms with Gasteiger partial charge in [0.2, 0.25) is 0 Å². The Morgan fingerprint density at radius 1 is 1.18 bits per heavy atom. The van der Waals surface area contributed by atoms with Crippen molar-refractivity contribution < 1.29 is 27.8 Å². The maximum atomic E-state index is 12.0. The average molecular weight is 250 g/mol. The number of aliphatic hydroxyl groups is 1. The molecule has 3 nitrogen and oxygen atoms in total. The first-order valence-electron chi connectivity index (χ1n) is 4.97. The number of alkyl halides is 3. The Kier molecular flexibility index (Phi) is 4.22. The molecule has 6 heteroatoms. The van der Waals surface area contributed by atoms with Gasteiger partial charge in [-0.15, -0.1) is 13.2 Å². The molecule has 0 aromatic heterocycles. The van der Waals surface area contributed by atoms with Crippen molar-refractivity contribution in [2.24, 2.45) is 0 Å². The van der Waals surface area contributed by atoms with E-state index in [1.807, 2.05) is 0 Å². The Morgan fingerprint density at radius 2 is 1.76 bits per heavy atom. The Labute approximate surface area is 96.8 Å². The third-order valence-electron chi connectivity index (χ3n) is 1.73. The van der Waals surface area contributed by atoms with Gasteiger partial charge in [0, 0.05) is 6.07 Å². The predicted molar refractivity (Wildman–Crippen MR) is 54.8 cm³/mol. The van der Waals surface area contributed by atoms with Crippen LogP contribution in [0, 0.1) is 0 Å². The van der Waals surface area contributed by atoms with E-state index in [1.54, 1.807) is 13.8 Å². The van der Waals surface area contributed by atoms with Gasteiger partial charge >= 0.3 is 6.36 Å². The van der Waals surface area contributed by atoms with Crippen molar-refractivity contribution in [1.29, 1.82) is 0 Å². The van der Waals surface area contributed by atoms with Crippen LogP contribution in [0.1, 0.15) is 19.4 Å². The maximum Gasteiger partial charge on any atom is 0.573 e. The van der Waals surface area contributed by atoms with Gasteiger partial charge in [0.25, 0.3) is 0 Å². The highest BCUT2D eigenvalue weighted by Crippen LogP contribution is 2.28. The molecule has 0 aliphatic carbocycles. The highest BCUT2D eigenvalue weighted by molar-refractivity contribution is 5.38. The van der Waals surface area contributed by atoms with Gasteiger partial charge in [0.15, 0.2) is 0 Å². The molecule has 0 fully saturated rings. The molecule has 1 aromatic carbocycles. The molecular weight excluding hydrogens is 237 g/mol. The third-order valence-corrected chi connectivity index (χ3v) is 1.73. The fourth-order valence-corrected chi connectivity index (χ4v) is 1.25. The standard InChI is InChI=1S/C11H13F3O3/c1-7(2)16-9-3-8(6-15)4-10(5-9)17-11(12,13)14/h3-5,7,15H,6H2,1-2H3. The van der Waals surface area contributed by atoms with Crippen LogP contribution in [0.4, 0.5) is 13.2 Å². The van der Waals surface area contributed by atoms with Gasteiger partial charge in [0.05, 0.1) is 12.7 Å². The molecule has 0 atom stereocenters. The lowest BCUT2D eigenvalue weighted by Gasteiger charge is -2.14. The van der Waals surface area contributed by atoms with E-state index in [2.05, 4.69) is 4.74 Å². The van der Waals surface area contributed by atoms with Crippen LogP contribution in [-0.2, 0) is 6.61 Å². The molecule has 96 valence electrons. The molecule has 0 radical (unpaired) electrons. The second-order valence-electron chi connectivity index (χ2n) is 3.69. The predicted octanol–water partition coefficient (Wildman–Crippen LogP) is 2.86. The molecule has 0 aliphatic rings. The quantitative estimate of drug-likeness (QED) is 0.893. The van der Waals surface area contributed by atoms with Crippen LogP contribution in [0.3, 0.4) is 0 Å². The molecule has 1 rings (SSSR count). The Bertz CT molecular complexity index is 375. The SMILES string of the molecule is CC(C)Oc1cc(CO)cc(OC(F)(F)F)c1. The van der Waals surface area contributed by atoms with Gasteiger partial charge < -0.3 is 14.6 Å². The summed E-state index contributed by atoms with van der Waals surface area (Å²) in [5.74, 6) is -0.175. The van der Waals surface area contributed by atoms with Crippen LogP contribution in [0.15, 0.2) is 18.2 Å². The highest BCUT2D eigenvalue weighted by Gasteiger charge is 2.31. The zero-order valence-corrected chi connectivity index (χ0v) is 9.41. The molecule has 17 heavy (non-hydrogen) atoms. The monoisotopic (exact) mass is 250 g/mol. The van der Waals surface area contributed by atoms with E-state index in [1.165, 1.54) is 6.07 Å². The first-order valence-corrected chi connectivity index (χ1v) is 4.97. The van der Waals surface area contributed by atoms with E-state index in [0.29, 0.717) is 5.56 Å². The lowest BCUT2D eigenvalue weighted by Crippen LogP contribution is -2.17. The number of hydrogen-bond donors (Lipinski definition) is 1. The van der Waals surface area contributed by atoms with Crippen molar-refractivity contribution in [2.45, 2.75) is 32.9 Å². The molecule has 0 saturated heterocycles. The Balaban J connectivity index is 2.97. The van der Waals surface area contributed by atoms with Crippen LogP contribution in [-0.4, -0.2) is 17.6 Å². The smallest absolute Gasteiger partial charge is 0.491 e. The van der Waals surface area contributed by atoms with E-state index in [4.69, 9.17) is 9.84 Å². The van der Waals surface area contributed by atoms with E-state index >= 15 is 0 Å². The van der Waals surface area contributed by atoms with Crippen molar-refractivity contribution in [1.82, 2.24) is 0 Å². The topological polar surface area (TPSA) is 38.7 Å². The second-order valence-corrected chi connectivity index (χ2v) is 3.69. The van der Waals surface area contributed by atoms with Gasteiger partial charge in [-0.05, 0) is 31.5 Å². The fourth-order valence-electron chi connectivity index (χ4n) is 1.25. The van der Waals surface area contributed by atoms with Crippen LogP contribution < -0.4 is 9.47 Å². The van der Waals surface area contributed by atoms with Crippen molar-refractivity contribution >= 4 is 0 Å². The normalized spacial score (nSPS) is 11.7. The molecule has 0 aliphatic heterocycles. The molecule has 0 unspecified atom stereocenters. The van der Waals surface area contributed by atoms with Crippen LogP contribution in [0.25, 0.3) is 0 Å². The Hall–Kier alpha value is -1.43. The van der Waals surface area contributed by atoms with Gasteiger partial charge in [-0.25, -0.2) is 0 Å². The number of ether oxygens (including phenoxy) is 2. The molecular formula is C11H13F3O3. The minimum atomic E-state index is -4.76. The van der Waals surface area contributed by atoms with Crippen molar-refractivity contribution in [3.63, 3.8) is 0 Å². The van der Waals surface area contributed by atoms with Crippen LogP contribution in [0.5, 0.6) is 11.5 Å². The number of rotatable bonds is 4. The number of hydrogen-bond acceptors (Lipinski definition) is 3. The van der Waals surface area contributed by atoms with Gasteiger partial charge in [-0.2, -0.15) is 0 Å². The van der Waals surface area contributed by atoms with Crippen molar-refractivity contribution in [3.05, 3.63) is 23.8 Å². The molecule has 0 bridgehead atoms. The molecule has 1 aromatic rings. The summed E-state index contributed by atoms with van der Waals surface area (Å²) in [7, 11) is 0. The van der Waals surface area contributed by atoms with Gasteiger partial charge in [0.1, 0.15) is 11.5 Å². The summed E-state index contributed by atoms with van der Waals surface area (Å²) in [6.45, 7) is 3.11. The van der Waals surface area contributed by atoms with Crippen molar-refractivity contribution in [2.75, 3.05) is 0 Å². The van der Waals surface area contributed by atoms with Gasteiger partial charge in [-0.1, -0.05) is 0 Å². The minimum absolute atomic E-state index is 0.178. The van der Waals surface area contributed by atoms with E-state index in [9.17, 15) is 13.2 Å². The second kappa shape index (κ2) is 5.27. The van der Waals surface area contributed by atoms with E-state index in [0.717, 1.165) is 12.1 Å². The van der Waals surface area contributed by atoms with Crippen LogP contribution >= 0.6 is 0 Å². The summed E-state index contributed by atoms with van der Waals surface area (Å²) in [6, 6.07) is 3.70. The Morgan fingerprint density at radius 3 is 2.24 bits per heavy atom. The number of aliphatic hydroxyl groups excluding tert-OH is 1. The first-order chi connectivity index (χ1) is 7.80. The fraction of sp³-hybridized carbons (Fsp3) is 0.455. The number of halogens is 3. The lowest BCUT2D eigenvalue weighted by atomic mass is 10.2. The van der Waals surface area contributed by atoms with Gasteiger partial charge in [-0.3, -0.25) is 0 Å². The highest BCUT2D eigenvalue weighted by atomic mass is 19.4.